The zero-order chi connectivity index (χ0) is 23.8. The van der Waals surface area contributed by atoms with Crippen LogP contribution >= 0.6 is 0 Å². The topological polar surface area (TPSA) is 183 Å². The Labute approximate surface area is 217 Å². The van der Waals surface area contributed by atoms with Gasteiger partial charge in [-0.25, -0.2) is 16.8 Å². The van der Waals surface area contributed by atoms with Crippen LogP contribution in [-0.2, 0) is 29.8 Å². The minimum Gasteiger partial charge on any atom is -0.744 e. The van der Waals surface area contributed by atoms with E-state index < -0.39 is 53.2 Å². The molecular weight excluding hydrogens is 504 g/mol. The zero-order valence-corrected chi connectivity index (χ0v) is 20.2. The molecule has 0 radical (unpaired) electrons. The smallest absolute Gasteiger partial charge is 0.744 e. The summed E-state index contributed by atoms with van der Waals surface area (Å²) in [5.41, 5.74) is -0.127. The van der Waals surface area contributed by atoms with Crippen LogP contribution in [-0.4, -0.2) is 86.8 Å². The monoisotopic (exact) mass is 514 g/mol. The molecule has 0 fully saturated rings. The number of carbonyl (C=O) groups is 4. The average molecular weight is 515 g/mol. The SMILES string of the molecule is O=C1C=C(S(=O)(=O)[O-])c2ccccc2C1=O.O=C1C=C(S(=O)(=O)[O-])c2ccccc2C1=O.[Ca+2]. The summed E-state index contributed by atoms with van der Waals surface area (Å²) in [6, 6.07) is 11.2. The van der Waals surface area contributed by atoms with Crippen molar-refractivity contribution >= 4 is 90.9 Å². The van der Waals surface area contributed by atoms with Crippen molar-refractivity contribution in [2.45, 2.75) is 0 Å². The van der Waals surface area contributed by atoms with Crippen LogP contribution in [0.5, 0.6) is 0 Å². The van der Waals surface area contributed by atoms with E-state index in [2.05, 4.69) is 0 Å². The van der Waals surface area contributed by atoms with Crippen LogP contribution in [0.25, 0.3) is 9.81 Å². The van der Waals surface area contributed by atoms with Crippen molar-refractivity contribution in [2.75, 3.05) is 0 Å². The van der Waals surface area contributed by atoms with Gasteiger partial charge in [-0.05, 0) is 0 Å². The van der Waals surface area contributed by atoms with Gasteiger partial charge in [-0.3, -0.25) is 19.2 Å². The molecule has 0 saturated carbocycles. The minimum absolute atomic E-state index is 0. The molecule has 0 bridgehead atoms. The van der Waals surface area contributed by atoms with Gasteiger partial charge >= 0.3 is 37.7 Å². The molecule has 0 heterocycles. The first-order chi connectivity index (χ1) is 14.8. The molecule has 0 unspecified atom stereocenters. The summed E-state index contributed by atoms with van der Waals surface area (Å²) in [7, 11) is -9.52. The van der Waals surface area contributed by atoms with Crippen LogP contribution in [0.3, 0.4) is 0 Å². The maximum atomic E-state index is 11.4. The second kappa shape index (κ2) is 9.89. The number of allylic oxidation sites excluding steroid dienone is 2. The molecule has 2 aliphatic carbocycles. The summed E-state index contributed by atoms with van der Waals surface area (Å²) in [4.78, 5) is 43.9. The van der Waals surface area contributed by atoms with E-state index in [1.165, 1.54) is 48.5 Å². The Morgan fingerprint density at radius 3 is 1.06 bits per heavy atom. The molecule has 0 amide bonds. The van der Waals surface area contributed by atoms with E-state index in [1.54, 1.807) is 0 Å². The molecule has 2 aromatic carbocycles. The van der Waals surface area contributed by atoms with Crippen LogP contribution in [0.15, 0.2) is 60.7 Å². The van der Waals surface area contributed by atoms with Crippen LogP contribution < -0.4 is 0 Å². The number of benzene rings is 2. The number of ketones is 4. The summed E-state index contributed by atoms with van der Waals surface area (Å²) in [5, 5.41) is 0. The number of fused-ring (bicyclic) bond motifs is 2. The van der Waals surface area contributed by atoms with E-state index in [4.69, 9.17) is 0 Å². The summed E-state index contributed by atoms with van der Waals surface area (Å²) in [6.45, 7) is 0. The molecular formula is C20H10CaO10S2. The van der Waals surface area contributed by atoms with Crippen molar-refractivity contribution in [1.82, 2.24) is 0 Å². The molecule has 2 aliphatic rings. The fourth-order valence-electron chi connectivity index (χ4n) is 3.00. The largest absolute Gasteiger partial charge is 2.00 e. The summed E-state index contributed by atoms with van der Waals surface area (Å²) >= 11 is 0. The molecule has 0 saturated heterocycles. The number of carbonyl (C=O) groups excluding carboxylic acids is 4. The maximum Gasteiger partial charge on any atom is 2.00 e. The molecule has 10 nitrogen and oxygen atoms in total. The Kier molecular flexibility index (Phi) is 8.07. The van der Waals surface area contributed by atoms with Crippen molar-refractivity contribution in [3.8, 4) is 0 Å². The molecule has 164 valence electrons. The van der Waals surface area contributed by atoms with E-state index in [-0.39, 0.29) is 60.0 Å². The van der Waals surface area contributed by atoms with E-state index in [0.29, 0.717) is 12.2 Å². The Balaban J connectivity index is 0.000000227. The third kappa shape index (κ3) is 5.61. The van der Waals surface area contributed by atoms with Crippen LogP contribution in [0.4, 0.5) is 0 Å². The number of Topliss-reactive ketones (excluding diaryl/α,β-unsaturated/α-hetero) is 2. The Hall–Kier alpha value is -2.32. The van der Waals surface area contributed by atoms with Gasteiger partial charge in [0.05, 0.1) is 9.81 Å². The van der Waals surface area contributed by atoms with Gasteiger partial charge in [0.25, 0.3) is 0 Å². The van der Waals surface area contributed by atoms with E-state index in [1.807, 2.05) is 0 Å². The minimum atomic E-state index is -4.76. The van der Waals surface area contributed by atoms with E-state index in [0.717, 1.165) is 0 Å². The predicted molar refractivity (Wildman–Crippen MR) is 113 cm³/mol. The van der Waals surface area contributed by atoms with Gasteiger partial charge < -0.3 is 9.11 Å². The van der Waals surface area contributed by atoms with Crippen LogP contribution in [0.1, 0.15) is 31.8 Å². The van der Waals surface area contributed by atoms with E-state index >= 15 is 0 Å². The third-order valence-electron chi connectivity index (χ3n) is 4.38. The molecule has 0 N–H and O–H groups in total. The molecule has 0 atom stereocenters. The zero-order valence-electron chi connectivity index (χ0n) is 16.4. The second-order valence-electron chi connectivity index (χ2n) is 6.40. The first kappa shape index (κ1) is 26.9. The normalized spacial score (nSPS) is 15.2. The maximum absolute atomic E-state index is 11.4. The van der Waals surface area contributed by atoms with Gasteiger partial charge in [0.2, 0.25) is 23.1 Å². The fourth-order valence-corrected chi connectivity index (χ4v) is 4.39. The molecule has 13 heteroatoms. The van der Waals surface area contributed by atoms with Crippen molar-refractivity contribution in [3.05, 3.63) is 82.9 Å². The standard InChI is InChI=1S/2C10H6O5S.Ca/c2*11-8-5-9(16(13,14)15)6-3-1-2-4-7(6)10(8)12;/h2*1-5H,(H,13,14,15);/q;;+2/p-2. The predicted octanol–water partition coefficient (Wildman–Crippen LogP) is 0.295. The Morgan fingerprint density at radius 2 is 0.788 bits per heavy atom. The Bertz CT molecular complexity index is 1370. The van der Waals surface area contributed by atoms with Gasteiger partial charge in [-0.15, -0.1) is 0 Å². The number of hydrogen-bond acceptors (Lipinski definition) is 10. The van der Waals surface area contributed by atoms with Gasteiger partial charge in [-0.1, -0.05) is 48.5 Å². The van der Waals surface area contributed by atoms with Crippen LogP contribution in [0.2, 0.25) is 0 Å². The van der Waals surface area contributed by atoms with Gasteiger partial charge in [-0.2, -0.15) is 0 Å². The van der Waals surface area contributed by atoms with Crippen LogP contribution in [0, 0.1) is 0 Å². The fraction of sp³-hybridized carbons (Fsp3) is 0. The average Bonchev–Trinajstić information content (AvgIpc) is 2.72. The Morgan fingerprint density at radius 1 is 0.515 bits per heavy atom. The number of rotatable bonds is 2. The second-order valence-corrected chi connectivity index (χ2v) is 9.10. The molecule has 0 aliphatic heterocycles. The molecule has 33 heavy (non-hydrogen) atoms. The third-order valence-corrected chi connectivity index (χ3v) is 6.14. The van der Waals surface area contributed by atoms with Gasteiger partial charge in [0, 0.05) is 34.4 Å². The van der Waals surface area contributed by atoms with Crippen molar-refractivity contribution in [1.29, 1.82) is 0 Å². The quantitative estimate of drug-likeness (QED) is 0.307. The first-order valence-electron chi connectivity index (χ1n) is 8.53. The summed E-state index contributed by atoms with van der Waals surface area (Å²) in [5.74, 6) is -3.59. The summed E-state index contributed by atoms with van der Waals surface area (Å²) in [6.07, 6.45) is 1.15. The molecule has 0 aromatic heterocycles. The molecule has 0 spiro atoms. The molecule has 2 aromatic rings. The first-order valence-corrected chi connectivity index (χ1v) is 11.4. The molecule has 4 rings (SSSR count). The van der Waals surface area contributed by atoms with Crippen molar-refractivity contribution in [3.63, 3.8) is 0 Å². The number of hydrogen-bond donors (Lipinski definition) is 0. The van der Waals surface area contributed by atoms with Crippen molar-refractivity contribution < 1.29 is 45.1 Å². The van der Waals surface area contributed by atoms with Gasteiger partial charge in [0.15, 0.2) is 0 Å². The van der Waals surface area contributed by atoms with Crippen molar-refractivity contribution in [2.24, 2.45) is 0 Å². The summed E-state index contributed by atoms with van der Waals surface area (Å²) < 4.78 is 65.5. The van der Waals surface area contributed by atoms with E-state index in [9.17, 15) is 45.1 Å². The van der Waals surface area contributed by atoms with Gasteiger partial charge in [0.1, 0.15) is 20.2 Å².